The van der Waals surface area contributed by atoms with Crippen LogP contribution >= 0.6 is 0 Å². The first-order chi connectivity index (χ1) is 33.6. The Bertz CT molecular complexity index is 2230. The van der Waals surface area contributed by atoms with Crippen LogP contribution in [0.2, 0.25) is 0 Å². The number of benzene rings is 3. The van der Waals surface area contributed by atoms with Crippen LogP contribution in [-0.4, -0.2) is 112 Å². The van der Waals surface area contributed by atoms with Crippen LogP contribution in [0.5, 0.6) is 11.5 Å². The Morgan fingerprint density at radius 2 is 1.51 bits per heavy atom. The third-order valence-corrected chi connectivity index (χ3v) is 12.9. The van der Waals surface area contributed by atoms with E-state index < -0.39 is 41.4 Å². The summed E-state index contributed by atoms with van der Waals surface area (Å²) in [5.74, 6) is 0.00796. The predicted octanol–water partition coefficient (Wildman–Crippen LogP) is 7.46. The molecule has 1 heterocycles. The van der Waals surface area contributed by atoms with Crippen LogP contribution < -0.4 is 26.3 Å². The molecule has 0 unspecified atom stereocenters. The monoisotopic (exact) mass is 987 g/mol. The van der Waals surface area contributed by atoms with Gasteiger partial charge < -0.3 is 46.1 Å². The Morgan fingerprint density at radius 3 is 2.06 bits per heavy atom. The highest BCUT2D eigenvalue weighted by Gasteiger charge is 2.34. The zero-order valence-corrected chi connectivity index (χ0v) is 43.9. The number of amides is 3. The second-order valence-electron chi connectivity index (χ2n) is 20.0. The molecule has 3 amide bonds. The summed E-state index contributed by atoms with van der Waals surface area (Å²) in [5.41, 5.74) is 15.9. The standard InChI is InChI=1S/C30H53N3O6.C24H29N5O3/c1-19(2)22(14-21-10-11-26(38-8)27(15-21)39-13-9-12-37-7)16-24(31)25(34)17-23(20(3)4)28(35)33-18-30(5,6)29(32)36;1-4-5-10-21(30)29(22(16(2)3)24(31)32)15-17-11-13-18(14-12-17)19-8-6-7-9-20(19)23-25-27-28-26-23/h10-11,15,19-20,22-25,34H,9,12-14,16-18,31H2,1-8H3,(H2,32,36)(H,33,35);6-9,11-14,16,22H,4-5,10,15H2,1-3H3,(H,31,32)(H,25,26,27,28)/t22-,23-,24-,25-;22-/m00/s1. The average Bonchev–Trinajstić information content (AvgIpc) is 3.88. The largest absolute Gasteiger partial charge is 0.493 e. The number of H-pyrrole nitrogens is 1. The zero-order valence-electron chi connectivity index (χ0n) is 43.9. The van der Waals surface area contributed by atoms with Gasteiger partial charge in [0.1, 0.15) is 6.04 Å². The number of tetrazole rings is 1. The molecule has 3 aromatic carbocycles. The minimum absolute atomic E-state index is 0.00829. The number of rotatable bonds is 29. The summed E-state index contributed by atoms with van der Waals surface area (Å²) >= 11 is 0. The fraction of sp³-hybridized carbons (Fsp3) is 0.574. The van der Waals surface area contributed by atoms with E-state index in [9.17, 15) is 29.4 Å². The van der Waals surface area contributed by atoms with Gasteiger partial charge in [-0.1, -0.05) is 109 Å². The number of carbonyl (C=O) groups excluding carboxylic acids is 3. The molecule has 1 aromatic heterocycles. The van der Waals surface area contributed by atoms with Crippen molar-refractivity contribution in [2.75, 3.05) is 34.0 Å². The van der Waals surface area contributed by atoms with Crippen molar-refractivity contribution in [3.63, 3.8) is 0 Å². The van der Waals surface area contributed by atoms with Gasteiger partial charge in [0.25, 0.3) is 0 Å². The van der Waals surface area contributed by atoms with Crippen molar-refractivity contribution < 1.29 is 43.6 Å². The number of hydrogen-bond donors (Lipinski definition) is 6. The van der Waals surface area contributed by atoms with Gasteiger partial charge in [-0.15, -0.1) is 10.2 Å². The van der Waals surface area contributed by atoms with Gasteiger partial charge in [-0.3, -0.25) is 14.4 Å². The molecule has 0 radical (unpaired) electrons. The van der Waals surface area contributed by atoms with Crippen LogP contribution in [0.25, 0.3) is 22.5 Å². The first-order valence-electron chi connectivity index (χ1n) is 24.9. The molecule has 0 aliphatic rings. The highest BCUT2D eigenvalue weighted by atomic mass is 16.5. The number of hydrogen-bond acceptors (Lipinski definition) is 12. The molecule has 17 heteroatoms. The lowest BCUT2D eigenvalue weighted by Gasteiger charge is -2.32. The summed E-state index contributed by atoms with van der Waals surface area (Å²) in [6, 6.07) is 20.2. The normalized spacial score (nSPS) is 13.7. The average molecular weight is 987 g/mol. The van der Waals surface area contributed by atoms with Crippen LogP contribution in [0.3, 0.4) is 0 Å². The number of aromatic nitrogens is 4. The molecule has 17 nitrogen and oxygen atoms in total. The molecule has 0 bridgehead atoms. The Labute approximate surface area is 421 Å². The number of aliphatic carboxylic acids is 1. The number of aliphatic hydroxyl groups excluding tert-OH is 1. The van der Waals surface area contributed by atoms with E-state index in [4.69, 9.17) is 25.7 Å². The number of aromatic amines is 1. The fourth-order valence-electron chi connectivity index (χ4n) is 8.17. The van der Waals surface area contributed by atoms with E-state index in [1.54, 1.807) is 28.1 Å². The molecule has 4 rings (SSSR count). The lowest BCUT2D eigenvalue weighted by molar-refractivity contribution is -0.153. The number of carbonyl (C=O) groups is 4. The van der Waals surface area contributed by atoms with Gasteiger partial charge in [-0.25, -0.2) is 4.79 Å². The lowest BCUT2D eigenvalue weighted by Crippen LogP contribution is -2.47. The molecular weight excluding hydrogens is 905 g/mol. The van der Waals surface area contributed by atoms with E-state index in [2.05, 4.69) is 39.8 Å². The van der Waals surface area contributed by atoms with Gasteiger partial charge in [0, 0.05) is 57.2 Å². The molecule has 0 aliphatic heterocycles. The molecule has 0 saturated carbocycles. The predicted molar refractivity (Wildman–Crippen MR) is 276 cm³/mol. The second-order valence-corrected chi connectivity index (χ2v) is 20.0. The topological polar surface area (TPSA) is 258 Å². The first-order valence-corrected chi connectivity index (χ1v) is 24.9. The van der Waals surface area contributed by atoms with Crippen molar-refractivity contribution in [1.82, 2.24) is 30.8 Å². The van der Waals surface area contributed by atoms with Crippen molar-refractivity contribution >= 4 is 23.7 Å². The Hall–Kier alpha value is -5.91. The van der Waals surface area contributed by atoms with Gasteiger partial charge >= 0.3 is 5.97 Å². The minimum atomic E-state index is -0.976. The molecular formula is C54H82N8O9. The molecule has 71 heavy (non-hydrogen) atoms. The fourth-order valence-corrected chi connectivity index (χ4v) is 8.17. The van der Waals surface area contributed by atoms with Crippen molar-refractivity contribution in [2.24, 2.45) is 46.5 Å². The van der Waals surface area contributed by atoms with Gasteiger partial charge in [0.2, 0.25) is 23.5 Å². The van der Waals surface area contributed by atoms with Gasteiger partial charge in [0.05, 0.1) is 25.2 Å². The maximum absolute atomic E-state index is 12.9. The number of nitrogens with two attached hydrogens (primary N) is 2. The Kier molecular flexibility index (Phi) is 24.6. The molecule has 5 atom stereocenters. The number of methoxy groups -OCH3 is 2. The molecule has 4 aromatic rings. The van der Waals surface area contributed by atoms with Crippen molar-refractivity contribution in [3.8, 4) is 34.0 Å². The summed E-state index contributed by atoms with van der Waals surface area (Å²) < 4.78 is 16.5. The van der Waals surface area contributed by atoms with Crippen LogP contribution in [0, 0.1) is 35.0 Å². The van der Waals surface area contributed by atoms with Crippen molar-refractivity contribution in [1.29, 1.82) is 0 Å². The molecule has 0 spiro atoms. The number of carboxylic acid groups (broad SMARTS) is 1. The van der Waals surface area contributed by atoms with E-state index in [0.717, 1.165) is 53.5 Å². The number of nitrogens with zero attached hydrogens (tertiary/aromatic N) is 4. The third-order valence-electron chi connectivity index (χ3n) is 12.9. The van der Waals surface area contributed by atoms with E-state index in [1.807, 2.05) is 101 Å². The summed E-state index contributed by atoms with van der Waals surface area (Å²) in [7, 11) is 3.29. The second kappa shape index (κ2) is 29.4. The number of nitrogens with one attached hydrogen (secondary N) is 2. The maximum atomic E-state index is 12.9. The van der Waals surface area contributed by atoms with Crippen molar-refractivity contribution in [2.45, 2.75) is 132 Å². The number of aliphatic hydroxyl groups is 1. The van der Waals surface area contributed by atoms with E-state index in [0.29, 0.717) is 49.3 Å². The summed E-state index contributed by atoms with van der Waals surface area (Å²) in [6.45, 7) is 18.8. The summed E-state index contributed by atoms with van der Waals surface area (Å²) in [4.78, 5) is 50.8. The highest BCUT2D eigenvalue weighted by Crippen LogP contribution is 2.33. The van der Waals surface area contributed by atoms with E-state index >= 15 is 0 Å². The molecule has 8 N–H and O–H groups in total. The Balaban J connectivity index is 0.000000382. The number of unbranched alkanes of at least 4 members (excludes halogenated alkanes) is 1. The third kappa shape index (κ3) is 18.7. The number of primary amides is 1. The molecule has 0 fully saturated rings. The van der Waals surface area contributed by atoms with E-state index in [-0.39, 0.29) is 49.1 Å². The molecule has 392 valence electrons. The van der Waals surface area contributed by atoms with Gasteiger partial charge in [0.15, 0.2) is 11.5 Å². The molecule has 0 aliphatic carbocycles. The van der Waals surface area contributed by atoms with Crippen LogP contribution in [0.15, 0.2) is 66.7 Å². The van der Waals surface area contributed by atoms with Gasteiger partial charge in [-0.2, -0.15) is 5.21 Å². The Morgan fingerprint density at radius 1 is 0.845 bits per heavy atom. The van der Waals surface area contributed by atoms with Crippen LogP contribution in [0.4, 0.5) is 0 Å². The lowest BCUT2D eigenvalue weighted by atomic mass is 9.80. The zero-order chi connectivity index (χ0) is 52.8. The SMILES string of the molecule is CCCCC(=O)N(Cc1ccc(-c2ccccc2-c2nn[nH]n2)cc1)[C@H](C(=O)O)C(C)C.COCCCOc1cc(C[C@@H](C[C@H](N)[C@@H](O)C[C@H](C(=O)NCC(C)(C)C(N)=O)C(C)C)C(C)C)ccc1OC. The highest BCUT2D eigenvalue weighted by molar-refractivity contribution is 5.84. The summed E-state index contributed by atoms with van der Waals surface area (Å²) in [5, 5.41) is 37.9. The number of carboxylic acids is 1. The first kappa shape index (κ1) is 59.4. The molecule has 0 saturated heterocycles. The summed E-state index contributed by atoms with van der Waals surface area (Å²) in [6.07, 6.45) is 3.53. The van der Waals surface area contributed by atoms with Crippen LogP contribution in [0.1, 0.15) is 112 Å². The minimum Gasteiger partial charge on any atom is -0.493 e. The number of ether oxygens (including phenoxy) is 3. The smallest absolute Gasteiger partial charge is 0.326 e. The quantitative estimate of drug-likeness (QED) is 0.0289. The van der Waals surface area contributed by atoms with E-state index in [1.165, 1.54) is 4.90 Å². The van der Waals surface area contributed by atoms with Crippen LogP contribution in [-0.2, 0) is 36.9 Å². The maximum Gasteiger partial charge on any atom is 0.326 e. The van der Waals surface area contributed by atoms with Crippen molar-refractivity contribution in [3.05, 3.63) is 77.9 Å². The van der Waals surface area contributed by atoms with Gasteiger partial charge in [-0.05, 0) is 103 Å².